The fourth-order valence-electron chi connectivity index (χ4n) is 3.23. The summed E-state index contributed by atoms with van der Waals surface area (Å²) in [6.45, 7) is -0.510. The van der Waals surface area contributed by atoms with E-state index in [4.69, 9.17) is 16.3 Å². The number of anilines is 1. The number of pyridine rings is 2. The van der Waals surface area contributed by atoms with Gasteiger partial charge in [0.25, 0.3) is 15.9 Å². The van der Waals surface area contributed by atoms with Crippen molar-refractivity contribution in [1.82, 2.24) is 15.4 Å². The van der Waals surface area contributed by atoms with Crippen LogP contribution < -0.4 is 14.5 Å². The molecule has 0 radical (unpaired) electrons. The van der Waals surface area contributed by atoms with E-state index in [1.54, 1.807) is 55.6 Å². The molecule has 2 aromatic heterocycles. The van der Waals surface area contributed by atoms with E-state index < -0.39 is 22.5 Å². The number of rotatable bonds is 8. The Morgan fingerprint density at radius 2 is 1.94 bits per heavy atom. The summed E-state index contributed by atoms with van der Waals surface area (Å²) in [5.74, 6) is -0.00223. The molecule has 1 N–H and O–H groups in total. The predicted molar refractivity (Wildman–Crippen MR) is 134 cm³/mol. The zero-order valence-corrected chi connectivity index (χ0v) is 20.1. The van der Waals surface area contributed by atoms with E-state index in [1.807, 2.05) is 6.07 Å². The molecule has 1 amide bonds. The van der Waals surface area contributed by atoms with E-state index in [2.05, 4.69) is 20.5 Å². The molecular formula is C24H20ClN5O4S. The van der Waals surface area contributed by atoms with Crippen LogP contribution in [0.1, 0.15) is 5.56 Å². The summed E-state index contributed by atoms with van der Waals surface area (Å²) < 4.78 is 32.6. The van der Waals surface area contributed by atoms with Crippen LogP contribution in [0.4, 0.5) is 5.69 Å². The van der Waals surface area contributed by atoms with Crippen LogP contribution in [-0.2, 0) is 14.8 Å². The van der Waals surface area contributed by atoms with Gasteiger partial charge in [0.15, 0.2) is 0 Å². The van der Waals surface area contributed by atoms with Crippen molar-refractivity contribution in [2.24, 2.45) is 5.10 Å². The molecule has 4 aromatic rings. The fraction of sp³-hybridized carbons (Fsp3) is 0.0833. The molecule has 0 saturated heterocycles. The number of carbonyl (C=O) groups is 1. The summed E-state index contributed by atoms with van der Waals surface area (Å²) in [5.41, 5.74) is 3.71. The first kappa shape index (κ1) is 24.1. The quantitative estimate of drug-likeness (QED) is 0.220. The molecule has 11 heteroatoms. The standard InChI is InChI=1S/C24H20ClN5O4S/c1-34-20-10-9-17-12-18(24(25)28-22(17)13-20)14-27-29-23(31)16-30(19-6-5-11-26-15-19)35(32,33)21-7-3-2-4-8-21/h2-15H,16H2,1H3,(H,29,31)/b27-14-. The molecule has 2 heterocycles. The topological polar surface area (TPSA) is 114 Å². The molecule has 4 rings (SSSR count). The Morgan fingerprint density at radius 3 is 2.66 bits per heavy atom. The van der Waals surface area contributed by atoms with Crippen molar-refractivity contribution in [3.05, 3.63) is 89.8 Å². The third kappa shape index (κ3) is 5.56. The second-order valence-electron chi connectivity index (χ2n) is 7.26. The number of amides is 1. The first-order chi connectivity index (χ1) is 16.9. The summed E-state index contributed by atoms with van der Waals surface area (Å²) in [6.07, 6.45) is 4.22. The summed E-state index contributed by atoms with van der Waals surface area (Å²) in [6, 6.07) is 18.1. The smallest absolute Gasteiger partial charge is 0.264 e. The average Bonchev–Trinajstić information content (AvgIpc) is 2.88. The van der Waals surface area contributed by atoms with Crippen LogP contribution in [0.2, 0.25) is 5.15 Å². The van der Waals surface area contributed by atoms with Gasteiger partial charge in [-0.1, -0.05) is 29.8 Å². The average molecular weight is 510 g/mol. The van der Waals surface area contributed by atoms with Crippen LogP contribution in [0.3, 0.4) is 0 Å². The minimum absolute atomic E-state index is 0.0470. The van der Waals surface area contributed by atoms with Crippen molar-refractivity contribution in [3.63, 3.8) is 0 Å². The normalized spacial score (nSPS) is 11.5. The van der Waals surface area contributed by atoms with Gasteiger partial charge in [-0.2, -0.15) is 5.10 Å². The Hall–Kier alpha value is -4.02. The number of aromatic nitrogens is 2. The number of carbonyl (C=O) groups excluding carboxylic acids is 1. The molecule has 178 valence electrons. The fourth-order valence-corrected chi connectivity index (χ4v) is 4.86. The highest BCUT2D eigenvalue weighted by Gasteiger charge is 2.27. The first-order valence-electron chi connectivity index (χ1n) is 10.3. The number of nitrogens with zero attached hydrogens (tertiary/aromatic N) is 4. The van der Waals surface area contributed by atoms with E-state index in [9.17, 15) is 13.2 Å². The number of halogens is 1. The summed E-state index contributed by atoms with van der Waals surface area (Å²) in [4.78, 5) is 21.0. The van der Waals surface area contributed by atoms with Gasteiger partial charge < -0.3 is 4.74 Å². The predicted octanol–water partition coefficient (Wildman–Crippen LogP) is 3.64. The number of methoxy groups -OCH3 is 1. The van der Waals surface area contributed by atoms with Gasteiger partial charge in [-0.3, -0.25) is 14.1 Å². The lowest BCUT2D eigenvalue weighted by molar-refractivity contribution is -0.119. The number of fused-ring (bicyclic) bond motifs is 1. The Labute approximate surface area is 207 Å². The summed E-state index contributed by atoms with van der Waals surface area (Å²) in [5, 5.41) is 4.93. The molecule has 9 nitrogen and oxygen atoms in total. The zero-order chi connectivity index (χ0) is 24.8. The highest BCUT2D eigenvalue weighted by atomic mass is 35.5. The van der Waals surface area contributed by atoms with Crippen LogP contribution in [0, 0.1) is 0 Å². The summed E-state index contributed by atoms with van der Waals surface area (Å²) in [7, 11) is -2.46. The van der Waals surface area contributed by atoms with Gasteiger partial charge in [0.2, 0.25) is 0 Å². The molecular weight excluding hydrogens is 490 g/mol. The van der Waals surface area contributed by atoms with E-state index in [0.717, 1.165) is 9.69 Å². The van der Waals surface area contributed by atoms with Crippen molar-refractivity contribution in [2.75, 3.05) is 18.0 Å². The lowest BCUT2D eigenvalue weighted by Gasteiger charge is -2.23. The monoisotopic (exact) mass is 509 g/mol. The van der Waals surface area contributed by atoms with Gasteiger partial charge in [-0.05, 0) is 42.5 Å². The molecule has 35 heavy (non-hydrogen) atoms. The molecule has 0 unspecified atom stereocenters. The number of ether oxygens (including phenoxy) is 1. The van der Waals surface area contributed by atoms with E-state index >= 15 is 0 Å². The molecule has 0 saturated carbocycles. The van der Waals surface area contributed by atoms with Crippen LogP contribution >= 0.6 is 11.6 Å². The highest BCUT2D eigenvalue weighted by molar-refractivity contribution is 7.92. The summed E-state index contributed by atoms with van der Waals surface area (Å²) >= 11 is 6.26. The second kappa shape index (κ2) is 10.5. The van der Waals surface area contributed by atoms with Crippen LogP contribution in [-0.4, -0.2) is 44.2 Å². The van der Waals surface area contributed by atoms with Crippen molar-refractivity contribution in [3.8, 4) is 5.75 Å². The van der Waals surface area contributed by atoms with Crippen molar-refractivity contribution < 1.29 is 17.9 Å². The molecule has 2 aromatic carbocycles. The Balaban J connectivity index is 1.53. The maximum atomic E-state index is 13.2. The maximum Gasteiger partial charge on any atom is 0.264 e. The molecule has 0 bridgehead atoms. The third-order valence-electron chi connectivity index (χ3n) is 4.95. The number of benzene rings is 2. The minimum Gasteiger partial charge on any atom is -0.497 e. The Morgan fingerprint density at radius 1 is 1.14 bits per heavy atom. The second-order valence-corrected chi connectivity index (χ2v) is 9.48. The first-order valence-corrected chi connectivity index (χ1v) is 12.1. The van der Waals surface area contributed by atoms with Crippen LogP contribution in [0.5, 0.6) is 5.75 Å². The van der Waals surface area contributed by atoms with Gasteiger partial charge in [-0.25, -0.2) is 18.8 Å². The molecule has 0 aliphatic carbocycles. The van der Waals surface area contributed by atoms with Gasteiger partial charge in [0.05, 0.1) is 35.6 Å². The van der Waals surface area contributed by atoms with Gasteiger partial charge in [0, 0.05) is 23.2 Å². The van der Waals surface area contributed by atoms with Crippen LogP contribution in [0.15, 0.2) is 89.1 Å². The van der Waals surface area contributed by atoms with Crippen LogP contribution in [0.25, 0.3) is 10.9 Å². The van der Waals surface area contributed by atoms with Gasteiger partial charge in [-0.15, -0.1) is 0 Å². The molecule has 0 atom stereocenters. The molecule has 0 spiro atoms. The molecule has 0 aliphatic rings. The van der Waals surface area contributed by atoms with Gasteiger partial charge >= 0.3 is 0 Å². The van der Waals surface area contributed by atoms with E-state index in [1.165, 1.54) is 30.7 Å². The lowest BCUT2D eigenvalue weighted by Crippen LogP contribution is -2.39. The third-order valence-corrected chi connectivity index (χ3v) is 7.04. The minimum atomic E-state index is -4.02. The zero-order valence-electron chi connectivity index (χ0n) is 18.5. The van der Waals surface area contributed by atoms with E-state index in [-0.39, 0.29) is 15.7 Å². The number of hydrogen-bond acceptors (Lipinski definition) is 7. The highest BCUT2D eigenvalue weighted by Crippen LogP contribution is 2.24. The molecule has 0 fully saturated rings. The Kier molecular flexibility index (Phi) is 7.23. The number of hydrogen-bond donors (Lipinski definition) is 1. The molecule has 0 aliphatic heterocycles. The lowest BCUT2D eigenvalue weighted by atomic mass is 10.1. The van der Waals surface area contributed by atoms with Crippen molar-refractivity contribution in [1.29, 1.82) is 0 Å². The number of sulfonamides is 1. The maximum absolute atomic E-state index is 13.2. The number of nitrogens with one attached hydrogen (secondary N) is 1. The SMILES string of the molecule is COc1ccc2cc(/C=N\NC(=O)CN(c3cccnc3)S(=O)(=O)c3ccccc3)c(Cl)nc2c1. The largest absolute Gasteiger partial charge is 0.497 e. The van der Waals surface area contributed by atoms with Gasteiger partial charge in [0.1, 0.15) is 17.4 Å². The van der Waals surface area contributed by atoms with Crippen molar-refractivity contribution in [2.45, 2.75) is 4.90 Å². The Bertz CT molecular complexity index is 1480. The van der Waals surface area contributed by atoms with Crippen molar-refractivity contribution >= 4 is 50.3 Å². The number of hydrazone groups is 1. The van der Waals surface area contributed by atoms with E-state index in [0.29, 0.717) is 16.8 Å².